The number of likely N-dealkylation sites (N-methyl/N-ethyl adjacent to an activating group) is 1. The molecule has 0 saturated carbocycles. The predicted molar refractivity (Wildman–Crippen MR) is 299 cm³/mol. The Kier molecular flexibility index (Phi) is 49.3. The number of aliphatic carboxylic acids is 1. The number of hydrogen-bond acceptors (Lipinski definition) is 7. The number of nitrogens with zero attached hydrogens (tertiary/aromatic N) is 1. The van der Waals surface area contributed by atoms with E-state index in [1.54, 1.807) is 0 Å². The quantitative estimate of drug-likeness (QED) is 0.0211. The third-order valence-electron chi connectivity index (χ3n) is 11.5. The van der Waals surface area contributed by atoms with Gasteiger partial charge in [-0.2, -0.15) is 0 Å². The van der Waals surface area contributed by atoms with Crippen LogP contribution in [-0.2, 0) is 33.3 Å². The van der Waals surface area contributed by atoms with Gasteiger partial charge in [-0.15, -0.1) is 0 Å². The van der Waals surface area contributed by atoms with Crippen LogP contribution < -0.4 is 0 Å². The van der Waals surface area contributed by atoms with Gasteiger partial charge >= 0.3 is 17.9 Å². The Hall–Kier alpha value is -4.05. The minimum absolute atomic E-state index is 0.179. The fourth-order valence-corrected chi connectivity index (χ4v) is 7.24. The summed E-state index contributed by atoms with van der Waals surface area (Å²) in [6.07, 6.45) is 68.8. The fourth-order valence-electron chi connectivity index (χ4n) is 7.24. The van der Waals surface area contributed by atoms with Crippen molar-refractivity contribution < 1.29 is 42.9 Å². The number of quaternary nitrogens is 1. The van der Waals surface area contributed by atoms with Crippen LogP contribution in [0.1, 0.15) is 206 Å². The molecule has 0 aliphatic rings. The Bertz CT molecular complexity index is 1530. The van der Waals surface area contributed by atoms with Crippen LogP contribution in [0.15, 0.2) is 109 Å². The molecule has 9 nitrogen and oxygen atoms in total. The lowest BCUT2D eigenvalue weighted by Gasteiger charge is -2.25. The van der Waals surface area contributed by atoms with Crippen molar-refractivity contribution in [3.63, 3.8) is 0 Å². The van der Waals surface area contributed by atoms with E-state index in [2.05, 4.69) is 123 Å². The summed E-state index contributed by atoms with van der Waals surface area (Å²) in [6.45, 7) is 4.72. The summed E-state index contributed by atoms with van der Waals surface area (Å²) in [5, 5.41) is 9.68. The zero-order valence-electron chi connectivity index (χ0n) is 45.8. The number of carboxylic acids is 1. The van der Waals surface area contributed by atoms with Gasteiger partial charge in [0.05, 0.1) is 34.4 Å². The first-order valence-corrected chi connectivity index (χ1v) is 28.1. The summed E-state index contributed by atoms with van der Waals surface area (Å²) in [6, 6.07) is 0. The number of carbonyl (C=O) groups excluding carboxylic acids is 2. The summed E-state index contributed by atoms with van der Waals surface area (Å²) in [7, 11) is 5.95. The molecule has 1 N–H and O–H groups in total. The predicted octanol–water partition coefficient (Wildman–Crippen LogP) is 16.3. The molecule has 0 aliphatic carbocycles. The molecule has 404 valence electrons. The average Bonchev–Trinajstić information content (AvgIpc) is 3.34. The zero-order valence-corrected chi connectivity index (χ0v) is 45.8. The highest BCUT2D eigenvalue weighted by Gasteiger charge is 2.25. The zero-order chi connectivity index (χ0) is 52.0. The molecule has 0 bridgehead atoms. The van der Waals surface area contributed by atoms with Crippen molar-refractivity contribution in [1.82, 2.24) is 0 Å². The Morgan fingerprint density at radius 2 is 0.803 bits per heavy atom. The van der Waals surface area contributed by atoms with Crippen molar-refractivity contribution in [3.05, 3.63) is 109 Å². The lowest BCUT2D eigenvalue weighted by molar-refractivity contribution is -0.870. The van der Waals surface area contributed by atoms with Gasteiger partial charge in [0.2, 0.25) is 0 Å². The van der Waals surface area contributed by atoms with E-state index in [4.69, 9.17) is 18.9 Å². The van der Waals surface area contributed by atoms with Crippen LogP contribution in [0, 0.1) is 0 Å². The molecule has 0 aromatic rings. The van der Waals surface area contributed by atoms with Gasteiger partial charge in [-0.3, -0.25) is 9.59 Å². The van der Waals surface area contributed by atoms with E-state index in [-0.39, 0.29) is 32.2 Å². The summed E-state index contributed by atoms with van der Waals surface area (Å²) in [5.74, 6) is -2.04. The molecule has 0 spiro atoms. The van der Waals surface area contributed by atoms with Gasteiger partial charge in [-0.1, -0.05) is 220 Å². The highest BCUT2D eigenvalue weighted by molar-refractivity contribution is 5.71. The normalized spacial score (nSPS) is 13.6. The van der Waals surface area contributed by atoms with Gasteiger partial charge < -0.3 is 28.5 Å². The molecular weight excluding hydrogens is 887 g/mol. The minimum atomic E-state index is -1.52. The van der Waals surface area contributed by atoms with Crippen molar-refractivity contribution in [1.29, 1.82) is 0 Å². The average molecular weight is 992 g/mol. The van der Waals surface area contributed by atoms with Gasteiger partial charge in [-0.25, -0.2) is 4.79 Å². The number of unbranched alkanes of at least 4 members (excludes halogenated alkanes) is 17. The number of allylic oxidation sites excluding steroid dienone is 18. The number of ether oxygens (including phenoxy) is 4. The molecule has 0 amide bonds. The first-order chi connectivity index (χ1) is 34.6. The number of carboxylic acid groups (broad SMARTS) is 1. The van der Waals surface area contributed by atoms with Gasteiger partial charge in [-0.05, 0) is 83.5 Å². The van der Waals surface area contributed by atoms with Crippen molar-refractivity contribution in [2.45, 2.75) is 219 Å². The highest BCUT2D eigenvalue weighted by atomic mass is 16.7. The third-order valence-corrected chi connectivity index (χ3v) is 11.5. The summed E-state index contributed by atoms with van der Waals surface area (Å²) in [4.78, 5) is 37.3. The van der Waals surface area contributed by atoms with E-state index < -0.39 is 24.3 Å². The van der Waals surface area contributed by atoms with E-state index in [1.807, 2.05) is 21.1 Å². The number of hydrogen-bond donors (Lipinski definition) is 1. The minimum Gasteiger partial charge on any atom is -0.477 e. The molecule has 0 aromatic carbocycles. The van der Waals surface area contributed by atoms with E-state index in [0.29, 0.717) is 23.9 Å². The Labute approximate surface area is 434 Å². The maximum atomic E-state index is 12.8. The van der Waals surface area contributed by atoms with Crippen LogP contribution in [0.3, 0.4) is 0 Å². The summed E-state index contributed by atoms with van der Waals surface area (Å²) >= 11 is 0. The van der Waals surface area contributed by atoms with Crippen molar-refractivity contribution in [2.24, 2.45) is 0 Å². The van der Waals surface area contributed by atoms with Crippen molar-refractivity contribution >= 4 is 17.9 Å². The lowest BCUT2D eigenvalue weighted by atomic mass is 10.0. The van der Waals surface area contributed by atoms with Gasteiger partial charge in [0, 0.05) is 12.8 Å². The number of esters is 2. The van der Waals surface area contributed by atoms with E-state index in [1.165, 1.54) is 64.2 Å². The smallest absolute Gasteiger partial charge is 0.361 e. The van der Waals surface area contributed by atoms with Gasteiger partial charge in [0.15, 0.2) is 6.10 Å². The molecule has 0 aromatic heterocycles. The van der Waals surface area contributed by atoms with Crippen LogP contribution in [0.25, 0.3) is 0 Å². The Balaban J connectivity index is 4.29. The first-order valence-electron chi connectivity index (χ1n) is 28.1. The molecule has 0 rings (SSSR count). The summed E-state index contributed by atoms with van der Waals surface area (Å²) < 4.78 is 22.8. The van der Waals surface area contributed by atoms with E-state index >= 15 is 0 Å². The molecule has 0 heterocycles. The summed E-state index contributed by atoms with van der Waals surface area (Å²) in [5.41, 5.74) is 0. The highest BCUT2D eigenvalue weighted by Crippen LogP contribution is 2.14. The third kappa shape index (κ3) is 53.6. The molecule has 2 unspecified atom stereocenters. The van der Waals surface area contributed by atoms with Gasteiger partial charge in [0.1, 0.15) is 13.2 Å². The van der Waals surface area contributed by atoms with E-state index in [9.17, 15) is 19.5 Å². The van der Waals surface area contributed by atoms with E-state index in [0.717, 1.165) is 109 Å². The second-order valence-corrected chi connectivity index (χ2v) is 19.5. The fraction of sp³-hybridized carbons (Fsp3) is 0.661. The standard InChI is InChI=1S/C62H103NO8/c1-6-8-10-12-14-16-18-20-21-22-23-24-25-26-27-28-29-30-31-32-33-34-35-36-37-38-39-41-43-45-47-49-51-53-60(65)71-58(57-70-62(61(66)67)68-55-54-63(3,4)5)56-69-59(64)52-50-48-46-44-42-40-19-17-15-13-11-9-7-2/h8,10,14,16,20-21,23-24,26-27,29-30,32-33,35-36,38-39,58,62H,6-7,9,11-13,15,17-19,22,25,28,31,34,37,40-57H2,1-5H3/p+1/b10-8-,16-14-,21-20-,24-23-,27-26-,30-29-,33-32-,36-35-,39-38-. The second kappa shape index (κ2) is 52.3. The molecule has 0 aliphatic heterocycles. The van der Waals surface area contributed by atoms with Crippen LogP contribution in [0.2, 0.25) is 0 Å². The molecule has 2 atom stereocenters. The monoisotopic (exact) mass is 991 g/mol. The largest absolute Gasteiger partial charge is 0.477 e. The molecule has 71 heavy (non-hydrogen) atoms. The van der Waals surface area contributed by atoms with Crippen LogP contribution >= 0.6 is 0 Å². The van der Waals surface area contributed by atoms with Crippen molar-refractivity contribution in [3.8, 4) is 0 Å². The second-order valence-electron chi connectivity index (χ2n) is 19.5. The Morgan fingerprint density at radius 1 is 0.437 bits per heavy atom. The van der Waals surface area contributed by atoms with Crippen LogP contribution in [-0.4, -0.2) is 87.4 Å². The number of rotatable bonds is 50. The Morgan fingerprint density at radius 3 is 1.20 bits per heavy atom. The molecule has 0 fully saturated rings. The lowest BCUT2D eigenvalue weighted by Crippen LogP contribution is -2.40. The SMILES string of the molecule is CC/C=C\C/C=C\C/C=C\C/C=C\C/C=C\C/C=C\C/C=C\C/C=C\C/C=C\CCCCCCCC(=O)OC(COC(=O)CCCCCCCCCCCCCCC)COC(OCC[N+](C)(C)C)C(=O)O. The van der Waals surface area contributed by atoms with Crippen LogP contribution in [0.4, 0.5) is 0 Å². The van der Waals surface area contributed by atoms with Crippen LogP contribution in [0.5, 0.6) is 0 Å². The molecule has 0 radical (unpaired) electrons. The first kappa shape index (κ1) is 67.0. The van der Waals surface area contributed by atoms with Crippen molar-refractivity contribution in [2.75, 3.05) is 47.5 Å². The molecular formula is C62H104NO8+. The molecule has 0 saturated heterocycles. The molecule has 9 heteroatoms. The maximum Gasteiger partial charge on any atom is 0.361 e. The number of carbonyl (C=O) groups is 3. The topological polar surface area (TPSA) is 108 Å². The maximum absolute atomic E-state index is 12.8. The van der Waals surface area contributed by atoms with Gasteiger partial charge in [0.25, 0.3) is 6.29 Å².